The number of ether oxygens (including phenoxy) is 1. The molecule has 2 N–H and O–H groups in total. The quantitative estimate of drug-likeness (QED) is 0.413. The van der Waals surface area contributed by atoms with Crippen LogP contribution in [-0.2, 0) is 14.3 Å². The second kappa shape index (κ2) is 9.49. The minimum Gasteiger partial charge on any atom is -0.452 e. The number of ketones is 1. The number of hydrogen-bond acceptors (Lipinski definition) is 5. The molecule has 0 atom stereocenters. The van der Waals surface area contributed by atoms with Crippen molar-refractivity contribution in [1.82, 2.24) is 0 Å². The zero-order chi connectivity index (χ0) is 21.4. The summed E-state index contributed by atoms with van der Waals surface area (Å²) < 4.78 is 54.5. The van der Waals surface area contributed by atoms with Crippen LogP contribution in [0.5, 0.6) is 0 Å². The first-order valence-corrected chi connectivity index (χ1v) is 8.02. The van der Waals surface area contributed by atoms with E-state index in [1.807, 2.05) is 0 Å². The molecule has 0 aliphatic heterocycles. The summed E-state index contributed by atoms with van der Waals surface area (Å²) >= 11 is 0. The molecule has 152 valence electrons. The number of carbonyl (C=O) groups is 3. The molecule has 0 spiro atoms. The third kappa shape index (κ3) is 6.76. The minimum atomic E-state index is -5.01. The van der Waals surface area contributed by atoms with E-state index in [-0.39, 0.29) is 23.0 Å². The van der Waals surface area contributed by atoms with Gasteiger partial charge in [-0.05, 0) is 30.3 Å². The van der Waals surface area contributed by atoms with Crippen LogP contribution in [0.4, 0.5) is 28.9 Å². The van der Waals surface area contributed by atoms with Gasteiger partial charge < -0.3 is 15.4 Å². The molecule has 0 aliphatic rings. The van der Waals surface area contributed by atoms with E-state index in [1.165, 1.54) is 42.5 Å². The summed E-state index contributed by atoms with van der Waals surface area (Å²) in [5.41, 5.74) is 0.164. The van der Waals surface area contributed by atoms with E-state index in [4.69, 9.17) is 4.74 Å². The largest absolute Gasteiger partial charge is 0.454 e. The lowest BCUT2D eigenvalue weighted by Gasteiger charge is -2.10. The summed E-state index contributed by atoms with van der Waals surface area (Å²) in [5.74, 6) is -4.28. The van der Waals surface area contributed by atoms with Gasteiger partial charge in [0.05, 0.1) is 11.3 Å². The number of carbonyl (C=O) groups excluding carboxylic acids is 3. The first-order chi connectivity index (χ1) is 13.7. The lowest BCUT2D eigenvalue weighted by atomic mass is 10.2. The molecule has 2 aromatic rings. The number of esters is 1. The number of halogens is 4. The first-order valence-electron chi connectivity index (χ1n) is 8.02. The number of nitrogens with one attached hydrogen (secondary N) is 2. The number of para-hydroxylation sites is 1. The van der Waals surface area contributed by atoms with Gasteiger partial charge in [-0.15, -0.1) is 0 Å². The number of amides is 1. The normalized spacial score (nSPS) is 11.2. The molecule has 2 aromatic carbocycles. The Kier molecular flexibility index (Phi) is 7.07. The number of benzene rings is 2. The van der Waals surface area contributed by atoms with Crippen LogP contribution in [-0.4, -0.2) is 30.4 Å². The van der Waals surface area contributed by atoms with Gasteiger partial charge in [0.25, 0.3) is 11.7 Å². The summed E-state index contributed by atoms with van der Waals surface area (Å²) in [5, 5.41) is 4.72. The fourth-order valence-electron chi connectivity index (χ4n) is 2.06. The van der Waals surface area contributed by atoms with Crippen molar-refractivity contribution in [2.75, 3.05) is 17.2 Å². The van der Waals surface area contributed by atoms with Gasteiger partial charge in [-0.25, -0.2) is 9.18 Å². The lowest BCUT2D eigenvalue weighted by molar-refractivity contribution is -0.165. The Balaban J connectivity index is 1.96. The molecule has 2 rings (SSSR count). The standard InChI is InChI=1S/C19H14F4N2O4/c20-12-4-3-5-13(10-12)25-17(27)11-29-18(28)14-6-1-2-7-15(14)24-9-8-16(26)19(21,22)23/h1-10,24H,11H2,(H,25,27)/b9-8+. The van der Waals surface area contributed by atoms with E-state index in [1.54, 1.807) is 0 Å². The maximum atomic E-state index is 13.1. The number of hydrogen-bond donors (Lipinski definition) is 2. The molecule has 29 heavy (non-hydrogen) atoms. The number of anilines is 2. The molecule has 0 aromatic heterocycles. The molecule has 0 saturated heterocycles. The van der Waals surface area contributed by atoms with Crippen molar-refractivity contribution in [3.63, 3.8) is 0 Å². The minimum absolute atomic E-state index is 0.0641. The molecule has 0 fully saturated rings. The zero-order valence-electron chi connectivity index (χ0n) is 14.6. The van der Waals surface area contributed by atoms with Crippen molar-refractivity contribution in [3.8, 4) is 0 Å². The molecular formula is C19H14F4N2O4. The molecule has 0 radical (unpaired) electrons. The highest BCUT2D eigenvalue weighted by atomic mass is 19.4. The van der Waals surface area contributed by atoms with Crippen LogP contribution < -0.4 is 10.6 Å². The summed E-state index contributed by atoms with van der Waals surface area (Å²) in [6.07, 6.45) is -4.00. The Labute approximate surface area is 162 Å². The highest BCUT2D eigenvalue weighted by molar-refractivity contribution is 5.99. The van der Waals surface area contributed by atoms with Crippen molar-refractivity contribution >= 4 is 29.0 Å². The van der Waals surface area contributed by atoms with E-state index in [9.17, 15) is 31.9 Å². The molecule has 10 heteroatoms. The van der Waals surface area contributed by atoms with Crippen LogP contribution in [0.1, 0.15) is 10.4 Å². The fourth-order valence-corrected chi connectivity index (χ4v) is 2.06. The summed E-state index contributed by atoms with van der Waals surface area (Å²) in [7, 11) is 0. The van der Waals surface area contributed by atoms with E-state index in [2.05, 4.69) is 10.6 Å². The van der Waals surface area contributed by atoms with E-state index < -0.39 is 36.3 Å². The summed E-state index contributed by atoms with van der Waals surface area (Å²) in [4.78, 5) is 34.8. The van der Waals surface area contributed by atoms with Crippen LogP contribution in [0.15, 0.2) is 60.8 Å². The van der Waals surface area contributed by atoms with Crippen molar-refractivity contribution in [2.24, 2.45) is 0 Å². The number of allylic oxidation sites excluding steroid dienone is 1. The van der Waals surface area contributed by atoms with Crippen LogP contribution in [0.25, 0.3) is 0 Å². The van der Waals surface area contributed by atoms with Crippen molar-refractivity contribution in [3.05, 3.63) is 72.2 Å². The first kappa shape index (κ1) is 21.6. The Morgan fingerprint density at radius 3 is 2.45 bits per heavy atom. The van der Waals surface area contributed by atoms with Crippen LogP contribution >= 0.6 is 0 Å². The van der Waals surface area contributed by atoms with Gasteiger partial charge in [0.2, 0.25) is 0 Å². The Morgan fingerprint density at radius 2 is 1.76 bits per heavy atom. The predicted molar refractivity (Wildman–Crippen MR) is 95.6 cm³/mol. The molecule has 1 amide bonds. The van der Waals surface area contributed by atoms with Crippen LogP contribution in [0.3, 0.4) is 0 Å². The van der Waals surface area contributed by atoms with E-state index in [0.717, 1.165) is 12.3 Å². The van der Waals surface area contributed by atoms with Gasteiger partial charge in [0.15, 0.2) is 6.61 Å². The molecule has 0 bridgehead atoms. The Morgan fingerprint density at radius 1 is 1.03 bits per heavy atom. The highest BCUT2D eigenvalue weighted by Gasteiger charge is 2.36. The molecule has 0 aliphatic carbocycles. The van der Waals surface area contributed by atoms with Gasteiger partial charge in [-0.2, -0.15) is 13.2 Å². The van der Waals surface area contributed by atoms with Gasteiger partial charge in [0.1, 0.15) is 5.82 Å². The summed E-state index contributed by atoms with van der Waals surface area (Å²) in [6, 6.07) is 10.7. The number of alkyl halides is 3. The molecule has 0 saturated carbocycles. The monoisotopic (exact) mass is 410 g/mol. The smallest absolute Gasteiger partial charge is 0.452 e. The topological polar surface area (TPSA) is 84.5 Å². The van der Waals surface area contributed by atoms with Gasteiger partial charge in [-0.1, -0.05) is 18.2 Å². The van der Waals surface area contributed by atoms with E-state index in [0.29, 0.717) is 0 Å². The van der Waals surface area contributed by atoms with Crippen molar-refractivity contribution < 1.29 is 36.7 Å². The third-order valence-corrected chi connectivity index (χ3v) is 3.34. The second-order valence-electron chi connectivity index (χ2n) is 5.52. The zero-order valence-corrected chi connectivity index (χ0v) is 14.6. The maximum Gasteiger partial charge on any atom is 0.454 e. The van der Waals surface area contributed by atoms with Crippen LogP contribution in [0, 0.1) is 5.82 Å². The lowest BCUT2D eigenvalue weighted by Crippen LogP contribution is -2.21. The van der Waals surface area contributed by atoms with Crippen molar-refractivity contribution in [2.45, 2.75) is 6.18 Å². The second-order valence-corrected chi connectivity index (χ2v) is 5.52. The van der Waals surface area contributed by atoms with E-state index >= 15 is 0 Å². The molecule has 0 unspecified atom stereocenters. The SMILES string of the molecule is O=C(COC(=O)c1ccccc1N/C=C/C(=O)C(F)(F)F)Nc1cccc(F)c1. The fraction of sp³-hybridized carbons (Fsp3) is 0.105. The maximum absolute atomic E-state index is 13.1. The molecule has 0 heterocycles. The molecular weight excluding hydrogens is 396 g/mol. The van der Waals surface area contributed by atoms with Gasteiger partial charge in [0, 0.05) is 18.0 Å². The van der Waals surface area contributed by atoms with Gasteiger partial charge in [-0.3, -0.25) is 9.59 Å². The highest BCUT2D eigenvalue weighted by Crippen LogP contribution is 2.18. The summed E-state index contributed by atoms with van der Waals surface area (Å²) in [6.45, 7) is -0.675. The van der Waals surface area contributed by atoms with Crippen molar-refractivity contribution in [1.29, 1.82) is 0 Å². The van der Waals surface area contributed by atoms with Gasteiger partial charge >= 0.3 is 12.1 Å². The average molecular weight is 410 g/mol. The number of rotatable bonds is 7. The Hall–Kier alpha value is -3.69. The molecule has 6 nitrogen and oxygen atoms in total. The third-order valence-electron chi connectivity index (χ3n) is 3.34. The predicted octanol–water partition coefficient (Wildman–Crippen LogP) is 3.68. The average Bonchev–Trinajstić information content (AvgIpc) is 2.65. The Bertz CT molecular complexity index is 942. The van der Waals surface area contributed by atoms with Crippen LogP contribution in [0.2, 0.25) is 0 Å².